The van der Waals surface area contributed by atoms with Crippen molar-refractivity contribution in [2.24, 2.45) is 4.99 Å². The van der Waals surface area contributed by atoms with Gasteiger partial charge in [0.25, 0.3) is 0 Å². The summed E-state index contributed by atoms with van der Waals surface area (Å²) in [4.78, 5) is 16.1. The Bertz CT molecular complexity index is 296. The monoisotopic (exact) mass is 268 g/mol. The van der Waals surface area contributed by atoms with Crippen LogP contribution in [0, 0.1) is 0 Å². The normalized spacial score (nSPS) is 17.4. The summed E-state index contributed by atoms with van der Waals surface area (Å²) in [6.07, 6.45) is 5.98. The molecule has 0 unspecified atom stereocenters. The first-order valence-corrected chi connectivity index (χ1v) is 7.46. The number of carbonyl (C=O) groups is 1. The van der Waals surface area contributed by atoms with Crippen molar-refractivity contribution in [1.29, 1.82) is 0 Å². The Hall–Kier alpha value is -1.26. The van der Waals surface area contributed by atoms with E-state index in [1.54, 1.807) is 0 Å². The molecule has 1 aliphatic rings. The SMILES string of the molecule is CCNC(=NCC(=O)NC1CCCCC1)NC(C)C. The van der Waals surface area contributed by atoms with Crippen LogP contribution in [-0.4, -0.2) is 37.0 Å². The maximum absolute atomic E-state index is 11.8. The molecule has 1 saturated carbocycles. The van der Waals surface area contributed by atoms with Gasteiger partial charge in [-0.2, -0.15) is 0 Å². The first-order valence-electron chi connectivity index (χ1n) is 7.46. The molecule has 5 nitrogen and oxygen atoms in total. The van der Waals surface area contributed by atoms with Crippen LogP contribution in [0.1, 0.15) is 52.9 Å². The minimum absolute atomic E-state index is 0.0212. The van der Waals surface area contributed by atoms with Gasteiger partial charge in [0.1, 0.15) is 6.54 Å². The van der Waals surface area contributed by atoms with Crippen LogP contribution in [0.3, 0.4) is 0 Å². The second-order valence-corrected chi connectivity index (χ2v) is 5.40. The summed E-state index contributed by atoms with van der Waals surface area (Å²) in [5.41, 5.74) is 0. The second kappa shape index (κ2) is 8.77. The molecule has 5 heteroatoms. The molecule has 0 heterocycles. The van der Waals surface area contributed by atoms with Crippen LogP contribution in [0.5, 0.6) is 0 Å². The molecule has 1 amide bonds. The van der Waals surface area contributed by atoms with Gasteiger partial charge in [0, 0.05) is 18.6 Å². The van der Waals surface area contributed by atoms with Crippen molar-refractivity contribution >= 4 is 11.9 Å². The molecule has 110 valence electrons. The lowest BCUT2D eigenvalue weighted by Crippen LogP contribution is -2.42. The zero-order valence-electron chi connectivity index (χ0n) is 12.5. The standard InChI is InChI=1S/C14H28N4O/c1-4-15-14(17-11(2)3)16-10-13(19)18-12-8-6-5-7-9-12/h11-12H,4-10H2,1-3H3,(H,18,19)(H2,15,16,17). The van der Waals surface area contributed by atoms with Crippen molar-refractivity contribution in [2.45, 2.75) is 65.0 Å². The van der Waals surface area contributed by atoms with Crippen molar-refractivity contribution in [2.75, 3.05) is 13.1 Å². The summed E-state index contributed by atoms with van der Waals surface area (Å²) in [5.74, 6) is 0.726. The average Bonchev–Trinajstić information content (AvgIpc) is 2.37. The predicted octanol–water partition coefficient (Wildman–Crippen LogP) is 1.40. The average molecular weight is 268 g/mol. The maximum Gasteiger partial charge on any atom is 0.242 e. The van der Waals surface area contributed by atoms with Gasteiger partial charge in [-0.25, -0.2) is 4.99 Å². The molecule has 19 heavy (non-hydrogen) atoms. The van der Waals surface area contributed by atoms with Crippen LogP contribution in [0.15, 0.2) is 4.99 Å². The van der Waals surface area contributed by atoms with Crippen molar-refractivity contribution in [3.63, 3.8) is 0 Å². The molecule has 0 aliphatic heterocycles. The topological polar surface area (TPSA) is 65.5 Å². The first kappa shape index (κ1) is 15.8. The Balaban J connectivity index is 2.35. The fraction of sp³-hybridized carbons (Fsp3) is 0.857. The van der Waals surface area contributed by atoms with E-state index in [2.05, 4.69) is 34.8 Å². The first-order chi connectivity index (χ1) is 9.11. The number of guanidine groups is 1. The predicted molar refractivity (Wildman–Crippen MR) is 79.3 cm³/mol. The second-order valence-electron chi connectivity index (χ2n) is 5.40. The number of hydrogen-bond donors (Lipinski definition) is 3. The van der Waals surface area contributed by atoms with E-state index >= 15 is 0 Å². The lowest BCUT2D eigenvalue weighted by molar-refractivity contribution is -0.120. The van der Waals surface area contributed by atoms with Crippen LogP contribution in [0.25, 0.3) is 0 Å². The van der Waals surface area contributed by atoms with E-state index in [4.69, 9.17) is 0 Å². The highest BCUT2D eigenvalue weighted by atomic mass is 16.1. The molecule has 1 fully saturated rings. The number of hydrogen-bond acceptors (Lipinski definition) is 2. The molecule has 1 aliphatic carbocycles. The van der Waals surface area contributed by atoms with Crippen molar-refractivity contribution in [3.8, 4) is 0 Å². The molecule has 1 rings (SSSR count). The molecule has 0 aromatic carbocycles. The van der Waals surface area contributed by atoms with Crippen molar-refractivity contribution < 1.29 is 4.79 Å². The molecule has 0 aromatic rings. The molecular formula is C14H28N4O. The fourth-order valence-corrected chi connectivity index (χ4v) is 2.26. The van der Waals surface area contributed by atoms with Crippen LogP contribution in [-0.2, 0) is 4.79 Å². The van der Waals surface area contributed by atoms with Gasteiger partial charge in [-0.1, -0.05) is 19.3 Å². The van der Waals surface area contributed by atoms with E-state index in [0.717, 1.165) is 19.4 Å². The molecule has 0 aromatic heterocycles. The van der Waals surface area contributed by atoms with Crippen molar-refractivity contribution in [3.05, 3.63) is 0 Å². The quantitative estimate of drug-likeness (QED) is 0.521. The highest BCUT2D eigenvalue weighted by Gasteiger charge is 2.15. The summed E-state index contributed by atoms with van der Waals surface area (Å²) < 4.78 is 0. The summed E-state index contributed by atoms with van der Waals surface area (Å²) in [5, 5.41) is 9.40. The fourth-order valence-electron chi connectivity index (χ4n) is 2.26. The summed E-state index contributed by atoms with van der Waals surface area (Å²) >= 11 is 0. The lowest BCUT2D eigenvalue weighted by Gasteiger charge is -2.22. The van der Waals surface area contributed by atoms with Gasteiger partial charge < -0.3 is 16.0 Å². The number of aliphatic imine (C=N–C) groups is 1. The number of rotatable bonds is 5. The van der Waals surface area contributed by atoms with Crippen molar-refractivity contribution in [1.82, 2.24) is 16.0 Å². The van der Waals surface area contributed by atoms with Crippen LogP contribution >= 0.6 is 0 Å². The third-order valence-electron chi connectivity index (χ3n) is 3.12. The van der Waals surface area contributed by atoms with Gasteiger partial charge in [-0.3, -0.25) is 4.79 Å². The minimum atomic E-state index is 0.0212. The van der Waals surface area contributed by atoms with Crippen LogP contribution < -0.4 is 16.0 Å². The summed E-state index contributed by atoms with van der Waals surface area (Å²) in [7, 11) is 0. The number of nitrogens with zero attached hydrogens (tertiary/aromatic N) is 1. The van der Waals surface area contributed by atoms with E-state index in [-0.39, 0.29) is 12.5 Å². The number of carbonyl (C=O) groups excluding carboxylic acids is 1. The van der Waals surface area contributed by atoms with E-state index in [1.807, 2.05) is 6.92 Å². The number of nitrogens with one attached hydrogen (secondary N) is 3. The third-order valence-corrected chi connectivity index (χ3v) is 3.12. The third kappa shape index (κ3) is 7.03. The zero-order valence-corrected chi connectivity index (χ0v) is 12.5. The Labute approximate surface area is 116 Å². The van der Waals surface area contributed by atoms with Gasteiger partial charge in [0.2, 0.25) is 5.91 Å². The van der Waals surface area contributed by atoms with Gasteiger partial charge in [0.15, 0.2) is 5.96 Å². The van der Waals surface area contributed by atoms with E-state index in [0.29, 0.717) is 18.0 Å². The molecule has 0 radical (unpaired) electrons. The highest BCUT2D eigenvalue weighted by Crippen LogP contribution is 2.17. The maximum atomic E-state index is 11.8. The van der Waals surface area contributed by atoms with E-state index in [9.17, 15) is 4.79 Å². The molecule has 0 atom stereocenters. The Morgan fingerprint density at radius 2 is 1.95 bits per heavy atom. The summed E-state index contributed by atoms with van der Waals surface area (Å²) in [6, 6.07) is 0.663. The van der Waals surface area contributed by atoms with E-state index in [1.165, 1.54) is 19.3 Å². The Morgan fingerprint density at radius 3 is 2.53 bits per heavy atom. The number of amides is 1. The minimum Gasteiger partial charge on any atom is -0.357 e. The van der Waals surface area contributed by atoms with E-state index < -0.39 is 0 Å². The molecule has 0 bridgehead atoms. The largest absolute Gasteiger partial charge is 0.357 e. The zero-order chi connectivity index (χ0) is 14.1. The van der Waals surface area contributed by atoms with Crippen LogP contribution in [0.2, 0.25) is 0 Å². The summed E-state index contributed by atoms with van der Waals surface area (Å²) in [6.45, 7) is 7.10. The Morgan fingerprint density at radius 1 is 1.26 bits per heavy atom. The molecular weight excluding hydrogens is 240 g/mol. The molecule has 0 spiro atoms. The van der Waals surface area contributed by atoms with Gasteiger partial charge >= 0.3 is 0 Å². The molecule has 3 N–H and O–H groups in total. The highest BCUT2D eigenvalue weighted by molar-refractivity contribution is 5.85. The molecule has 0 saturated heterocycles. The Kier molecular flexibility index (Phi) is 7.30. The van der Waals surface area contributed by atoms with Gasteiger partial charge in [0.05, 0.1) is 0 Å². The lowest BCUT2D eigenvalue weighted by atomic mass is 9.95. The smallest absolute Gasteiger partial charge is 0.242 e. The van der Waals surface area contributed by atoms with Gasteiger partial charge in [-0.15, -0.1) is 0 Å². The van der Waals surface area contributed by atoms with Crippen LogP contribution in [0.4, 0.5) is 0 Å². The van der Waals surface area contributed by atoms with Gasteiger partial charge in [-0.05, 0) is 33.6 Å².